The molecule has 2 aromatic heterocycles. The Balaban J connectivity index is 0.000000359. The molecule has 6 N–H and O–H groups in total. The van der Waals surface area contributed by atoms with E-state index in [-0.39, 0.29) is 76.9 Å². The molecule has 3 aliphatic rings. The van der Waals surface area contributed by atoms with Crippen molar-refractivity contribution in [2.75, 3.05) is 64.6 Å². The van der Waals surface area contributed by atoms with Gasteiger partial charge < -0.3 is 50.4 Å². The summed E-state index contributed by atoms with van der Waals surface area (Å²) in [7, 11) is 0. The third-order valence-electron chi connectivity index (χ3n) is 8.16. The Morgan fingerprint density at radius 2 is 1.53 bits per heavy atom. The van der Waals surface area contributed by atoms with E-state index in [9.17, 15) is 28.8 Å². The lowest BCUT2D eigenvalue weighted by Crippen LogP contribution is -2.55. The number of aliphatic carboxylic acids is 2. The van der Waals surface area contributed by atoms with E-state index in [0.717, 1.165) is 0 Å². The second kappa shape index (κ2) is 22.5. The normalized spacial score (nSPS) is 19.0. The van der Waals surface area contributed by atoms with Crippen molar-refractivity contribution in [2.24, 2.45) is 5.73 Å². The van der Waals surface area contributed by atoms with Crippen LogP contribution >= 0.6 is 11.6 Å². The van der Waals surface area contributed by atoms with Crippen LogP contribution < -0.4 is 16.4 Å². The van der Waals surface area contributed by atoms with Gasteiger partial charge in [0.25, 0.3) is 11.8 Å². The van der Waals surface area contributed by atoms with Crippen molar-refractivity contribution in [1.82, 2.24) is 29.9 Å². The molecule has 6 rings (SSSR count). The van der Waals surface area contributed by atoms with Crippen LogP contribution in [0.5, 0.6) is 0 Å². The quantitative estimate of drug-likeness (QED) is 0.213. The molecule has 3 fully saturated rings. The number of primary amides is 1. The van der Waals surface area contributed by atoms with Crippen molar-refractivity contribution in [2.45, 2.75) is 65.9 Å². The van der Waals surface area contributed by atoms with E-state index >= 15 is 0 Å². The fourth-order valence-electron chi connectivity index (χ4n) is 5.53. The second-order valence-electron chi connectivity index (χ2n) is 13.4. The van der Waals surface area contributed by atoms with Crippen molar-refractivity contribution < 1.29 is 57.9 Å². The highest BCUT2D eigenvalue weighted by Gasteiger charge is 2.36. The molecule has 58 heavy (non-hydrogen) atoms. The van der Waals surface area contributed by atoms with Crippen LogP contribution in [0.4, 0.5) is 10.6 Å². The first kappa shape index (κ1) is 48.7. The molecule has 0 radical (unpaired) electrons. The van der Waals surface area contributed by atoms with E-state index in [2.05, 4.69) is 20.7 Å². The first-order chi connectivity index (χ1) is 26.6. The van der Waals surface area contributed by atoms with Gasteiger partial charge in [-0.1, -0.05) is 50.7 Å². The number of para-hydroxylation sites is 1. The number of hydrogen-bond donors (Lipinski definition) is 5. The molecule has 4 amide bonds. The molecule has 3 atom stereocenters. The molecular weight excluding hydrogens is 784 g/mol. The molecule has 20 nitrogen and oxygen atoms in total. The SMILES string of the molecule is C.C.CC(C)(C)OC(=O)N1CCOC[C@H]1C(=O)O.NC(=O)c1nn(CC(=O)N2CCOC[C@H]2C(=O)Nc2cccc(Cl)n2)c2ccccc12.O=C(O)[C@@H]1COCCN1. The number of amides is 4. The number of carbonyl (C=O) groups is 6. The highest BCUT2D eigenvalue weighted by Crippen LogP contribution is 2.20. The molecule has 21 heteroatoms. The second-order valence-corrected chi connectivity index (χ2v) is 13.8. The zero-order chi connectivity index (χ0) is 41.0. The van der Waals surface area contributed by atoms with E-state index < -0.39 is 53.6 Å². The van der Waals surface area contributed by atoms with Crippen LogP contribution in [0.2, 0.25) is 5.15 Å². The minimum atomic E-state index is -1.08. The number of nitrogens with one attached hydrogen (secondary N) is 2. The first-order valence-corrected chi connectivity index (χ1v) is 17.8. The van der Waals surface area contributed by atoms with Gasteiger partial charge >= 0.3 is 18.0 Å². The largest absolute Gasteiger partial charge is 0.480 e. The summed E-state index contributed by atoms with van der Waals surface area (Å²) in [5.41, 5.74) is 5.48. The number of carbonyl (C=O) groups excluding carboxylic acids is 4. The predicted molar refractivity (Wildman–Crippen MR) is 211 cm³/mol. The lowest BCUT2D eigenvalue weighted by molar-refractivity contribution is -0.149. The molecule has 1 aromatic carbocycles. The standard InChI is InChI=1S/C20H19ClN6O4.C10H17NO5.C5H9NO3.2CH4/c21-15-6-3-7-16(23-15)24-20(30)14-11-31-9-8-26(14)17(28)10-27-13-5-2-1-4-12(13)18(25-27)19(22)29;1-10(2,3)16-9(14)11-4-5-15-6-7(11)8(12)13;7-5(8)4-3-9-2-1-6-4;;/h1-7,14H,8-11H2,(H2,22,29)(H,23,24,30);7H,4-6H2,1-3H3,(H,12,13);4,6H,1-3H2,(H,7,8);2*1H4/t14-;7-;4-;;/m000../s1. The van der Waals surface area contributed by atoms with Gasteiger partial charge in [-0.2, -0.15) is 5.10 Å². The van der Waals surface area contributed by atoms with Gasteiger partial charge in [0.05, 0.1) is 45.2 Å². The summed E-state index contributed by atoms with van der Waals surface area (Å²) >= 11 is 5.86. The van der Waals surface area contributed by atoms with Gasteiger partial charge in [0.15, 0.2) is 11.7 Å². The zero-order valence-corrected chi connectivity index (χ0v) is 31.8. The van der Waals surface area contributed by atoms with Crippen molar-refractivity contribution in [3.05, 3.63) is 53.3 Å². The van der Waals surface area contributed by atoms with Gasteiger partial charge in [-0.05, 0) is 39.0 Å². The molecule has 3 saturated heterocycles. The third kappa shape index (κ3) is 13.9. The number of aromatic nitrogens is 3. The minimum Gasteiger partial charge on any atom is -0.480 e. The van der Waals surface area contributed by atoms with E-state index in [0.29, 0.717) is 37.3 Å². The molecule has 3 aliphatic heterocycles. The number of nitrogens with two attached hydrogens (primary N) is 1. The Morgan fingerprint density at radius 1 is 0.897 bits per heavy atom. The number of carboxylic acids is 2. The Kier molecular flexibility index (Phi) is 18.9. The predicted octanol–water partition coefficient (Wildman–Crippen LogP) is 2.09. The van der Waals surface area contributed by atoms with Crippen LogP contribution in [0.15, 0.2) is 42.5 Å². The van der Waals surface area contributed by atoms with Crippen LogP contribution in [0.1, 0.15) is 46.1 Å². The van der Waals surface area contributed by atoms with Crippen LogP contribution in [0.25, 0.3) is 10.9 Å². The number of rotatable bonds is 7. The summed E-state index contributed by atoms with van der Waals surface area (Å²) in [5.74, 6) is -3.10. The highest BCUT2D eigenvalue weighted by atomic mass is 35.5. The van der Waals surface area contributed by atoms with Gasteiger partial charge in [0.1, 0.15) is 35.2 Å². The van der Waals surface area contributed by atoms with Crippen LogP contribution in [0, 0.1) is 0 Å². The summed E-state index contributed by atoms with van der Waals surface area (Å²) in [6.07, 6.45) is -0.608. The van der Waals surface area contributed by atoms with Gasteiger partial charge in [-0.15, -0.1) is 0 Å². The lowest BCUT2D eigenvalue weighted by Gasteiger charge is -2.34. The topological polar surface area (TPSA) is 267 Å². The molecule has 0 spiro atoms. The van der Waals surface area contributed by atoms with Gasteiger partial charge in [0.2, 0.25) is 5.91 Å². The maximum Gasteiger partial charge on any atom is 0.411 e. The first-order valence-electron chi connectivity index (χ1n) is 17.5. The number of hydrogen-bond acceptors (Lipinski definition) is 13. The summed E-state index contributed by atoms with van der Waals surface area (Å²) in [6.45, 7) is 7.76. The fourth-order valence-corrected chi connectivity index (χ4v) is 5.69. The third-order valence-corrected chi connectivity index (χ3v) is 8.37. The van der Waals surface area contributed by atoms with E-state index in [1.807, 2.05) is 0 Å². The molecule has 0 saturated carbocycles. The highest BCUT2D eigenvalue weighted by molar-refractivity contribution is 6.29. The Morgan fingerprint density at radius 3 is 2.10 bits per heavy atom. The van der Waals surface area contributed by atoms with Crippen molar-refractivity contribution in [3.8, 4) is 0 Å². The molecule has 0 unspecified atom stereocenters. The maximum atomic E-state index is 13.1. The van der Waals surface area contributed by atoms with Crippen molar-refractivity contribution in [3.63, 3.8) is 0 Å². The Bertz CT molecular complexity index is 1880. The van der Waals surface area contributed by atoms with Crippen LogP contribution in [-0.2, 0) is 44.7 Å². The average molecular weight is 837 g/mol. The molecule has 5 heterocycles. The number of pyridine rings is 1. The number of carboxylic acid groups (broad SMARTS) is 2. The minimum absolute atomic E-state index is 0. The number of benzene rings is 1. The summed E-state index contributed by atoms with van der Waals surface area (Å²) < 4.78 is 21.9. The number of fused-ring (bicyclic) bond motifs is 1. The van der Waals surface area contributed by atoms with E-state index in [1.165, 1.54) is 14.5 Å². The number of nitrogens with zero attached hydrogens (tertiary/aromatic N) is 5. The van der Waals surface area contributed by atoms with Gasteiger partial charge in [-0.3, -0.25) is 28.8 Å². The van der Waals surface area contributed by atoms with Crippen molar-refractivity contribution in [1.29, 1.82) is 0 Å². The molecular formula is C37H53ClN8O12. The Hall–Kier alpha value is -5.41. The monoisotopic (exact) mass is 836 g/mol. The number of anilines is 1. The Labute approximate surface area is 340 Å². The number of ether oxygens (including phenoxy) is 4. The number of halogens is 1. The van der Waals surface area contributed by atoms with Gasteiger partial charge in [0, 0.05) is 25.0 Å². The van der Waals surface area contributed by atoms with Crippen LogP contribution in [0.3, 0.4) is 0 Å². The lowest BCUT2D eigenvalue weighted by atomic mass is 10.2. The summed E-state index contributed by atoms with van der Waals surface area (Å²) in [5, 5.41) is 27.8. The van der Waals surface area contributed by atoms with E-state index in [1.54, 1.807) is 63.2 Å². The fraction of sp³-hybridized carbons (Fsp3) is 0.514. The van der Waals surface area contributed by atoms with Crippen molar-refractivity contribution >= 4 is 64.1 Å². The van der Waals surface area contributed by atoms with E-state index in [4.69, 9.17) is 46.5 Å². The maximum absolute atomic E-state index is 13.1. The zero-order valence-electron chi connectivity index (χ0n) is 31.0. The molecule has 0 bridgehead atoms. The molecule has 3 aromatic rings. The molecule has 0 aliphatic carbocycles. The average Bonchev–Trinajstić information content (AvgIpc) is 3.53. The molecule has 320 valence electrons. The van der Waals surface area contributed by atoms with Gasteiger partial charge in [-0.25, -0.2) is 14.6 Å². The van der Waals surface area contributed by atoms with Crippen LogP contribution in [-0.4, -0.2) is 154 Å². The number of morpholine rings is 3. The smallest absolute Gasteiger partial charge is 0.411 e. The summed E-state index contributed by atoms with van der Waals surface area (Å²) in [4.78, 5) is 77.1. The summed E-state index contributed by atoms with van der Waals surface area (Å²) in [6, 6.07) is 9.54.